The highest BCUT2D eigenvalue weighted by Gasteiger charge is 2.25. The Hall–Kier alpha value is -2.97. The fourth-order valence-corrected chi connectivity index (χ4v) is 5.51. The van der Waals surface area contributed by atoms with Crippen molar-refractivity contribution in [3.63, 3.8) is 0 Å². The Morgan fingerprint density at radius 3 is 2.32 bits per heavy atom. The van der Waals surface area contributed by atoms with E-state index in [-0.39, 0.29) is 17.3 Å². The molecular formula is C23H25N3O4S. The van der Waals surface area contributed by atoms with Crippen LogP contribution >= 0.6 is 0 Å². The Labute approximate surface area is 181 Å². The highest BCUT2D eigenvalue weighted by Crippen LogP contribution is 2.23. The summed E-state index contributed by atoms with van der Waals surface area (Å²) in [6.45, 7) is 1.14. The predicted octanol–water partition coefficient (Wildman–Crippen LogP) is 3.66. The van der Waals surface area contributed by atoms with Gasteiger partial charge in [0.2, 0.25) is 15.9 Å². The maximum absolute atomic E-state index is 12.9. The van der Waals surface area contributed by atoms with Crippen molar-refractivity contribution in [1.29, 1.82) is 0 Å². The number of fused-ring (bicyclic) bond motifs is 1. The number of para-hydroxylation sites is 1. The standard InChI is InChI=1S/C23H25N3O4S/c27-17-18-15-25(22-8-4-3-7-21(18)22)16-23(28)24-19-9-11-20(12-10-19)31(29,30)26-13-5-1-2-6-14-26/h3-4,7-12,15,17H,1-2,5-6,13-14,16H2,(H,24,28). The summed E-state index contributed by atoms with van der Waals surface area (Å²) in [5.41, 5.74) is 1.86. The molecule has 31 heavy (non-hydrogen) atoms. The maximum Gasteiger partial charge on any atom is 0.244 e. The average Bonchev–Trinajstić information content (AvgIpc) is 2.93. The Bertz CT molecular complexity index is 1190. The van der Waals surface area contributed by atoms with E-state index in [0.29, 0.717) is 24.3 Å². The van der Waals surface area contributed by atoms with Gasteiger partial charge in [-0.3, -0.25) is 9.59 Å². The third-order valence-corrected chi connectivity index (χ3v) is 7.51. The number of hydrogen-bond acceptors (Lipinski definition) is 4. The minimum Gasteiger partial charge on any atom is -0.337 e. The minimum atomic E-state index is -3.52. The fourth-order valence-electron chi connectivity index (χ4n) is 4.00. The Morgan fingerprint density at radius 1 is 0.968 bits per heavy atom. The molecule has 1 fully saturated rings. The first-order valence-electron chi connectivity index (χ1n) is 10.4. The highest BCUT2D eigenvalue weighted by atomic mass is 32.2. The molecule has 3 aromatic rings. The Morgan fingerprint density at radius 2 is 1.65 bits per heavy atom. The summed E-state index contributed by atoms with van der Waals surface area (Å²) in [6, 6.07) is 13.7. The van der Waals surface area contributed by atoms with Gasteiger partial charge in [-0.1, -0.05) is 31.0 Å². The number of carbonyl (C=O) groups is 2. The van der Waals surface area contributed by atoms with Crippen LogP contribution in [0.1, 0.15) is 36.0 Å². The number of amides is 1. The number of nitrogens with zero attached hydrogens (tertiary/aromatic N) is 2. The molecule has 0 aliphatic carbocycles. The quantitative estimate of drug-likeness (QED) is 0.594. The van der Waals surface area contributed by atoms with Gasteiger partial charge in [-0.2, -0.15) is 4.31 Å². The van der Waals surface area contributed by atoms with Crippen LogP contribution in [0.15, 0.2) is 59.6 Å². The summed E-state index contributed by atoms with van der Waals surface area (Å²) < 4.78 is 29.0. The first-order valence-corrected chi connectivity index (χ1v) is 11.9. The second-order valence-corrected chi connectivity index (χ2v) is 9.68. The second-order valence-electron chi connectivity index (χ2n) is 7.74. The van der Waals surface area contributed by atoms with E-state index >= 15 is 0 Å². The molecule has 1 N–H and O–H groups in total. The van der Waals surface area contributed by atoms with Gasteiger partial charge in [0, 0.05) is 41.4 Å². The van der Waals surface area contributed by atoms with Crippen molar-refractivity contribution < 1.29 is 18.0 Å². The zero-order valence-electron chi connectivity index (χ0n) is 17.2. The van der Waals surface area contributed by atoms with Gasteiger partial charge in [0.1, 0.15) is 6.54 Å². The molecule has 7 nitrogen and oxygen atoms in total. The lowest BCUT2D eigenvalue weighted by atomic mass is 10.2. The van der Waals surface area contributed by atoms with Crippen LogP contribution < -0.4 is 5.32 Å². The monoisotopic (exact) mass is 439 g/mol. The number of carbonyl (C=O) groups excluding carboxylic acids is 2. The van der Waals surface area contributed by atoms with E-state index in [1.165, 1.54) is 12.1 Å². The van der Waals surface area contributed by atoms with Crippen LogP contribution in [0.5, 0.6) is 0 Å². The molecule has 1 aromatic heterocycles. The third kappa shape index (κ3) is 4.55. The first-order chi connectivity index (χ1) is 15.0. The minimum absolute atomic E-state index is 0.0438. The molecule has 1 aliphatic heterocycles. The Kier molecular flexibility index (Phi) is 6.20. The lowest BCUT2D eigenvalue weighted by Crippen LogP contribution is -2.31. The van der Waals surface area contributed by atoms with Crippen molar-refractivity contribution in [1.82, 2.24) is 8.87 Å². The smallest absolute Gasteiger partial charge is 0.244 e. The molecule has 2 heterocycles. The molecule has 8 heteroatoms. The van der Waals surface area contributed by atoms with Crippen molar-refractivity contribution in [2.24, 2.45) is 0 Å². The van der Waals surface area contributed by atoms with Crippen molar-refractivity contribution in [2.45, 2.75) is 37.1 Å². The lowest BCUT2D eigenvalue weighted by molar-refractivity contribution is -0.116. The number of nitrogens with one attached hydrogen (secondary N) is 1. The van der Waals surface area contributed by atoms with Gasteiger partial charge in [0.05, 0.1) is 4.90 Å². The number of rotatable bonds is 6. The second kappa shape index (κ2) is 9.03. The molecule has 1 aliphatic rings. The largest absolute Gasteiger partial charge is 0.337 e. The van der Waals surface area contributed by atoms with Crippen LogP contribution in [-0.4, -0.2) is 42.6 Å². The van der Waals surface area contributed by atoms with Gasteiger partial charge in [0.15, 0.2) is 6.29 Å². The molecule has 162 valence electrons. The molecule has 0 bridgehead atoms. The summed E-state index contributed by atoms with van der Waals surface area (Å²) in [6.07, 6.45) is 6.32. The topological polar surface area (TPSA) is 88.5 Å². The van der Waals surface area contributed by atoms with Crippen LogP contribution in [-0.2, 0) is 21.4 Å². The van der Waals surface area contributed by atoms with Gasteiger partial charge in [-0.15, -0.1) is 0 Å². The van der Waals surface area contributed by atoms with Crippen molar-refractivity contribution >= 4 is 38.8 Å². The summed E-state index contributed by atoms with van der Waals surface area (Å²) in [4.78, 5) is 24.1. The number of aldehydes is 1. The van der Waals surface area contributed by atoms with Crippen LogP contribution in [0.25, 0.3) is 10.9 Å². The van der Waals surface area contributed by atoms with Crippen molar-refractivity contribution in [3.05, 3.63) is 60.3 Å². The number of aromatic nitrogens is 1. The van der Waals surface area contributed by atoms with Gasteiger partial charge in [-0.05, 0) is 43.2 Å². The third-order valence-electron chi connectivity index (χ3n) is 5.60. The van der Waals surface area contributed by atoms with Crippen LogP contribution in [0.2, 0.25) is 0 Å². The molecule has 2 aromatic carbocycles. The normalized spacial score (nSPS) is 15.5. The van der Waals surface area contributed by atoms with Crippen LogP contribution in [0.3, 0.4) is 0 Å². The maximum atomic E-state index is 12.9. The zero-order valence-corrected chi connectivity index (χ0v) is 18.0. The molecule has 0 atom stereocenters. The molecule has 1 amide bonds. The van der Waals surface area contributed by atoms with Gasteiger partial charge in [0.25, 0.3) is 0 Å². The summed E-state index contributed by atoms with van der Waals surface area (Å²) >= 11 is 0. The molecule has 0 spiro atoms. The lowest BCUT2D eigenvalue weighted by Gasteiger charge is -2.20. The number of anilines is 1. The van der Waals surface area contributed by atoms with E-state index in [2.05, 4.69) is 5.32 Å². The summed E-state index contributed by atoms with van der Waals surface area (Å²) in [5.74, 6) is -0.263. The zero-order chi connectivity index (χ0) is 21.8. The van der Waals surface area contributed by atoms with E-state index in [9.17, 15) is 18.0 Å². The SMILES string of the molecule is O=Cc1cn(CC(=O)Nc2ccc(S(=O)(=O)N3CCCCCC3)cc2)c2ccccc12. The van der Waals surface area contributed by atoms with Gasteiger partial charge < -0.3 is 9.88 Å². The van der Waals surface area contributed by atoms with Crippen LogP contribution in [0.4, 0.5) is 5.69 Å². The summed E-state index contributed by atoms with van der Waals surface area (Å²) in [7, 11) is -3.52. The van der Waals surface area contributed by atoms with Crippen LogP contribution in [0, 0.1) is 0 Å². The number of benzene rings is 2. The van der Waals surface area contributed by atoms with Crippen molar-refractivity contribution in [3.8, 4) is 0 Å². The molecule has 1 saturated heterocycles. The van der Waals surface area contributed by atoms with E-state index in [1.54, 1.807) is 27.2 Å². The molecule has 0 radical (unpaired) electrons. The number of sulfonamides is 1. The molecule has 4 rings (SSSR count). The van der Waals surface area contributed by atoms with E-state index in [1.807, 2.05) is 24.3 Å². The number of hydrogen-bond donors (Lipinski definition) is 1. The summed E-state index contributed by atoms with van der Waals surface area (Å²) in [5, 5.41) is 3.59. The van der Waals surface area contributed by atoms with E-state index in [4.69, 9.17) is 0 Å². The van der Waals surface area contributed by atoms with Gasteiger partial charge >= 0.3 is 0 Å². The molecule has 0 saturated carbocycles. The molecule has 0 unspecified atom stereocenters. The predicted molar refractivity (Wildman–Crippen MR) is 120 cm³/mol. The Balaban J connectivity index is 1.46. The van der Waals surface area contributed by atoms with Crippen molar-refractivity contribution in [2.75, 3.05) is 18.4 Å². The first kappa shape index (κ1) is 21.3. The fraction of sp³-hybridized carbons (Fsp3) is 0.304. The van der Waals surface area contributed by atoms with E-state index in [0.717, 1.165) is 42.9 Å². The van der Waals surface area contributed by atoms with E-state index < -0.39 is 10.0 Å². The average molecular weight is 440 g/mol. The van der Waals surface area contributed by atoms with Gasteiger partial charge in [-0.25, -0.2) is 8.42 Å². The highest BCUT2D eigenvalue weighted by molar-refractivity contribution is 7.89. The molecular weight excluding hydrogens is 414 g/mol.